The van der Waals surface area contributed by atoms with Gasteiger partial charge in [-0.05, 0) is 67.9 Å². The van der Waals surface area contributed by atoms with Crippen LogP contribution in [0.5, 0.6) is 0 Å². The van der Waals surface area contributed by atoms with Crippen LogP contribution in [0.2, 0.25) is 0 Å². The molecule has 1 unspecified atom stereocenters. The van der Waals surface area contributed by atoms with E-state index in [-0.39, 0.29) is 16.9 Å². The predicted molar refractivity (Wildman–Crippen MR) is 133 cm³/mol. The van der Waals surface area contributed by atoms with E-state index in [0.29, 0.717) is 5.69 Å². The molecular weight excluding hydrogens is 488 g/mol. The maximum Gasteiger partial charge on any atom is 0.251 e. The van der Waals surface area contributed by atoms with Crippen molar-refractivity contribution >= 4 is 27.5 Å². The molecule has 2 amide bonds. The Bertz CT molecular complexity index is 1300. The molecule has 0 saturated carbocycles. The Morgan fingerprint density at radius 3 is 2.11 bits per heavy atom. The SMILES string of the molecule is CC(C)(CF)NS(=O)(=O)c1ccc(NC(=O)C(Cc2ccccc2)NC(=O)c2ccc(F)cc2)cc1. The molecular formula is C26H27F2N3O4S. The lowest BCUT2D eigenvalue weighted by molar-refractivity contribution is -0.118. The molecule has 36 heavy (non-hydrogen) atoms. The van der Waals surface area contributed by atoms with Crippen LogP contribution < -0.4 is 15.4 Å². The monoisotopic (exact) mass is 515 g/mol. The lowest BCUT2D eigenvalue weighted by Crippen LogP contribution is -2.45. The smallest absolute Gasteiger partial charge is 0.251 e. The quantitative estimate of drug-likeness (QED) is 0.382. The molecule has 0 spiro atoms. The third-order valence-electron chi connectivity index (χ3n) is 5.19. The molecule has 3 rings (SSSR count). The molecule has 0 aromatic heterocycles. The number of halogens is 2. The number of rotatable bonds is 10. The van der Waals surface area contributed by atoms with Gasteiger partial charge in [-0.3, -0.25) is 9.59 Å². The van der Waals surface area contributed by atoms with Crippen molar-refractivity contribution in [1.29, 1.82) is 0 Å². The summed E-state index contributed by atoms with van der Waals surface area (Å²) < 4.78 is 53.5. The Kier molecular flexibility index (Phi) is 8.54. The van der Waals surface area contributed by atoms with Crippen molar-refractivity contribution < 1.29 is 26.8 Å². The molecule has 0 aliphatic rings. The van der Waals surface area contributed by atoms with Gasteiger partial charge in [-0.1, -0.05) is 30.3 Å². The molecule has 0 radical (unpaired) electrons. The second-order valence-electron chi connectivity index (χ2n) is 8.86. The van der Waals surface area contributed by atoms with Crippen LogP contribution >= 0.6 is 0 Å². The highest BCUT2D eigenvalue weighted by molar-refractivity contribution is 7.89. The number of nitrogens with one attached hydrogen (secondary N) is 3. The average Bonchev–Trinajstić information content (AvgIpc) is 2.84. The number of hydrogen-bond acceptors (Lipinski definition) is 4. The third-order valence-corrected chi connectivity index (χ3v) is 6.90. The van der Waals surface area contributed by atoms with Crippen LogP contribution in [-0.4, -0.2) is 38.5 Å². The molecule has 3 N–H and O–H groups in total. The Balaban J connectivity index is 1.76. The molecule has 1 atom stereocenters. The van der Waals surface area contributed by atoms with Crippen LogP contribution in [0, 0.1) is 5.82 Å². The number of carbonyl (C=O) groups excluding carboxylic acids is 2. The number of alkyl halides is 1. The summed E-state index contributed by atoms with van der Waals surface area (Å²) >= 11 is 0. The van der Waals surface area contributed by atoms with Gasteiger partial charge in [-0.15, -0.1) is 0 Å². The summed E-state index contributed by atoms with van der Waals surface area (Å²) in [7, 11) is -3.97. The standard InChI is InChI=1S/C26H27F2N3O4S/c1-26(2,17-27)31-36(34,35)22-14-12-21(13-15-22)29-25(33)23(16-18-6-4-3-5-7-18)30-24(32)19-8-10-20(28)11-9-19/h3-15,23,31H,16-17H2,1-2H3,(H,29,33)(H,30,32). The van der Waals surface area contributed by atoms with Gasteiger partial charge < -0.3 is 10.6 Å². The molecule has 0 saturated heterocycles. The molecule has 0 aliphatic heterocycles. The molecule has 10 heteroatoms. The number of hydrogen-bond donors (Lipinski definition) is 3. The molecule has 0 aliphatic carbocycles. The van der Waals surface area contributed by atoms with E-state index in [4.69, 9.17) is 0 Å². The summed E-state index contributed by atoms with van der Waals surface area (Å²) in [5, 5.41) is 5.35. The zero-order chi connectivity index (χ0) is 26.3. The summed E-state index contributed by atoms with van der Waals surface area (Å²) in [5.41, 5.74) is 0.0393. The second kappa shape index (κ2) is 11.4. The van der Waals surface area contributed by atoms with Gasteiger partial charge in [0.05, 0.1) is 10.4 Å². The summed E-state index contributed by atoms with van der Waals surface area (Å²) in [6.07, 6.45) is 0.189. The zero-order valence-electron chi connectivity index (χ0n) is 19.8. The predicted octanol–water partition coefficient (Wildman–Crippen LogP) is 3.83. The minimum Gasteiger partial charge on any atom is -0.340 e. The van der Waals surface area contributed by atoms with Crippen molar-refractivity contribution in [3.63, 3.8) is 0 Å². The van der Waals surface area contributed by atoms with Crippen molar-refractivity contribution in [1.82, 2.24) is 10.0 Å². The van der Waals surface area contributed by atoms with Crippen LogP contribution in [-0.2, 0) is 21.2 Å². The number of amides is 2. The molecule has 0 bridgehead atoms. The Hall–Kier alpha value is -3.63. The fraction of sp³-hybridized carbons (Fsp3) is 0.231. The normalized spacial score (nSPS) is 12.6. The van der Waals surface area contributed by atoms with E-state index in [1.807, 2.05) is 30.3 Å². The first-order valence-corrected chi connectivity index (χ1v) is 12.6. The summed E-state index contributed by atoms with van der Waals surface area (Å²) in [4.78, 5) is 25.7. The van der Waals surface area contributed by atoms with Gasteiger partial charge in [0.15, 0.2) is 0 Å². The van der Waals surface area contributed by atoms with Crippen molar-refractivity contribution in [2.45, 2.75) is 36.7 Å². The van der Waals surface area contributed by atoms with Gasteiger partial charge in [-0.25, -0.2) is 21.9 Å². The second-order valence-corrected chi connectivity index (χ2v) is 10.5. The molecule has 3 aromatic carbocycles. The lowest BCUT2D eigenvalue weighted by atomic mass is 10.0. The highest BCUT2D eigenvalue weighted by Crippen LogP contribution is 2.17. The van der Waals surface area contributed by atoms with Crippen molar-refractivity contribution in [2.24, 2.45) is 0 Å². The van der Waals surface area contributed by atoms with E-state index in [1.165, 1.54) is 50.2 Å². The largest absolute Gasteiger partial charge is 0.340 e. The molecule has 190 valence electrons. The van der Waals surface area contributed by atoms with Crippen LogP contribution in [0.3, 0.4) is 0 Å². The molecule has 7 nitrogen and oxygen atoms in total. The minimum atomic E-state index is -3.97. The van der Waals surface area contributed by atoms with Crippen molar-refractivity contribution in [3.05, 3.63) is 95.8 Å². The highest BCUT2D eigenvalue weighted by Gasteiger charge is 2.26. The van der Waals surface area contributed by atoms with Gasteiger partial charge in [0.25, 0.3) is 5.91 Å². The lowest BCUT2D eigenvalue weighted by Gasteiger charge is -2.22. The summed E-state index contributed by atoms with van der Waals surface area (Å²) in [5.74, 6) is -1.56. The van der Waals surface area contributed by atoms with Gasteiger partial charge in [0.2, 0.25) is 15.9 Å². The van der Waals surface area contributed by atoms with Crippen molar-refractivity contribution in [2.75, 3.05) is 12.0 Å². The van der Waals surface area contributed by atoms with Gasteiger partial charge in [-0.2, -0.15) is 0 Å². The zero-order valence-corrected chi connectivity index (χ0v) is 20.6. The maximum atomic E-state index is 13.2. The first kappa shape index (κ1) is 27.0. The number of carbonyl (C=O) groups is 2. The van der Waals surface area contributed by atoms with E-state index in [1.54, 1.807) is 0 Å². The van der Waals surface area contributed by atoms with E-state index < -0.39 is 45.9 Å². The van der Waals surface area contributed by atoms with E-state index in [9.17, 15) is 26.8 Å². The van der Waals surface area contributed by atoms with Crippen molar-refractivity contribution in [3.8, 4) is 0 Å². The maximum absolute atomic E-state index is 13.2. The Labute approximate surface area is 209 Å². The summed E-state index contributed by atoms with van der Waals surface area (Å²) in [6.45, 7) is 1.96. The van der Waals surface area contributed by atoms with Gasteiger partial charge in [0, 0.05) is 17.7 Å². The molecule has 3 aromatic rings. The first-order valence-electron chi connectivity index (χ1n) is 11.1. The molecule has 0 heterocycles. The average molecular weight is 516 g/mol. The Morgan fingerprint density at radius 1 is 0.917 bits per heavy atom. The molecule has 0 fully saturated rings. The topological polar surface area (TPSA) is 104 Å². The number of anilines is 1. The number of sulfonamides is 1. The van der Waals surface area contributed by atoms with Gasteiger partial charge >= 0.3 is 0 Å². The fourth-order valence-electron chi connectivity index (χ4n) is 3.30. The number of benzene rings is 3. The van der Waals surface area contributed by atoms with Crippen LogP contribution in [0.25, 0.3) is 0 Å². The summed E-state index contributed by atoms with van der Waals surface area (Å²) in [6, 6.07) is 18.4. The highest BCUT2D eigenvalue weighted by atomic mass is 32.2. The van der Waals surface area contributed by atoms with E-state index in [2.05, 4.69) is 15.4 Å². The minimum absolute atomic E-state index is 0.0903. The Morgan fingerprint density at radius 2 is 1.53 bits per heavy atom. The van der Waals surface area contributed by atoms with Crippen LogP contribution in [0.15, 0.2) is 83.8 Å². The van der Waals surface area contributed by atoms with E-state index >= 15 is 0 Å². The third kappa shape index (κ3) is 7.43. The van der Waals surface area contributed by atoms with Crippen LogP contribution in [0.4, 0.5) is 14.5 Å². The first-order chi connectivity index (χ1) is 17.0. The van der Waals surface area contributed by atoms with Gasteiger partial charge in [0.1, 0.15) is 18.5 Å². The van der Waals surface area contributed by atoms with E-state index in [0.717, 1.165) is 17.7 Å². The van der Waals surface area contributed by atoms with Crippen LogP contribution in [0.1, 0.15) is 29.8 Å². The fourth-order valence-corrected chi connectivity index (χ4v) is 4.69.